The second kappa shape index (κ2) is 7.90. The van der Waals surface area contributed by atoms with Crippen molar-refractivity contribution in [1.29, 1.82) is 0 Å². The molecule has 1 aromatic heterocycles. The normalized spacial score (nSPS) is 23.8. The van der Waals surface area contributed by atoms with Crippen molar-refractivity contribution in [2.45, 2.75) is 18.9 Å². The van der Waals surface area contributed by atoms with Gasteiger partial charge < -0.3 is 19.9 Å². The van der Waals surface area contributed by atoms with Crippen LogP contribution in [0.1, 0.15) is 12.8 Å². The Morgan fingerprint density at radius 2 is 2.26 bits per heavy atom. The molecule has 0 amide bonds. The van der Waals surface area contributed by atoms with E-state index in [2.05, 4.69) is 20.5 Å². The summed E-state index contributed by atoms with van der Waals surface area (Å²) in [7, 11) is 1.73. The van der Waals surface area contributed by atoms with Crippen molar-refractivity contribution in [2.24, 2.45) is 13.0 Å². The molecule has 1 atom stereocenters. The minimum Gasteiger partial charge on any atom is -0.374 e. The fourth-order valence-electron chi connectivity index (χ4n) is 3.33. The Morgan fingerprint density at radius 3 is 3.09 bits per heavy atom. The van der Waals surface area contributed by atoms with Gasteiger partial charge in [-0.1, -0.05) is 0 Å². The smallest absolute Gasteiger partial charge is 0.293 e. The van der Waals surface area contributed by atoms with Crippen LogP contribution in [-0.2, 0) is 11.8 Å². The van der Waals surface area contributed by atoms with Crippen LogP contribution in [0.4, 0.5) is 5.82 Å². The highest BCUT2D eigenvalue weighted by atomic mass is 16.5. The van der Waals surface area contributed by atoms with Crippen LogP contribution >= 0.6 is 0 Å². The van der Waals surface area contributed by atoms with Gasteiger partial charge in [-0.2, -0.15) is 0 Å². The lowest BCUT2D eigenvalue weighted by Crippen LogP contribution is -2.48. The molecule has 7 heteroatoms. The second-order valence-electron chi connectivity index (χ2n) is 6.52. The van der Waals surface area contributed by atoms with Crippen LogP contribution < -0.4 is 16.2 Å². The van der Waals surface area contributed by atoms with E-state index in [9.17, 15) is 4.79 Å². The Hall–Kier alpha value is -1.44. The zero-order valence-corrected chi connectivity index (χ0v) is 13.8. The van der Waals surface area contributed by atoms with E-state index in [4.69, 9.17) is 4.74 Å². The lowest BCUT2D eigenvalue weighted by molar-refractivity contribution is -0.0270. The van der Waals surface area contributed by atoms with Gasteiger partial charge in [-0.25, -0.2) is 4.98 Å². The maximum Gasteiger partial charge on any atom is 0.293 e. The summed E-state index contributed by atoms with van der Waals surface area (Å²) in [5, 5.41) is 6.56. The van der Waals surface area contributed by atoms with Crippen LogP contribution in [0.3, 0.4) is 0 Å². The van der Waals surface area contributed by atoms with Gasteiger partial charge in [-0.15, -0.1) is 0 Å². The van der Waals surface area contributed by atoms with Gasteiger partial charge in [0.25, 0.3) is 5.56 Å². The molecule has 0 aromatic carbocycles. The minimum atomic E-state index is -0.102. The van der Waals surface area contributed by atoms with Crippen LogP contribution in [0.25, 0.3) is 0 Å². The summed E-state index contributed by atoms with van der Waals surface area (Å²) in [6.45, 7) is 6.75. The number of hydrogen-bond acceptors (Lipinski definition) is 6. The summed E-state index contributed by atoms with van der Waals surface area (Å²) < 4.78 is 7.36. The first-order chi connectivity index (χ1) is 11.2. The fourth-order valence-corrected chi connectivity index (χ4v) is 3.33. The standard InChI is InChI=1S/C16H27N5O2/c1-20-7-6-18-15(16(20)22)19-10-14-12-21(8-9-23-14)11-13-2-4-17-5-3-13/h6-7,13-14,17H,2-5,8-12H2,1H3,(H,18,19). The number of nitrogens with zero attached hydrogens (tertiary/aromatic N) is 3. The molecule has 128 valence electrons. The molecule has 1 aromatic rings. The van der Waals surface area contributed by atoms with Crippen molar-refractivity contribution in [3.05, 3.63) is 22.7 Å². The highest BCUT2D eigenvalue weighted by molar-refractivity contribution is 5.30. The van der Waals surface area contributed by atoms with Crippen LogP contribution in [0.2, 0.25) is 0 Å². The quantitative estimate of drug-likeness (QED) is 0.789. The van der Waals surface area contributed by atoms with Gasteiger partial charge in [-0.05, 0) is 31.8 Å². The Bertz CT molecular complexity index is 556. The summed E-state index contributed by atoms with van der Waals surface area (Å²) in [6, 6.07) is 0. The molecule has 7 nitrogen and oxygen atoms in total. The first-order valence-electron chi connectivity index (χ1n) is 8.52. The van der Waals surface area contributed by atoms with E-state index in [0.29, 0.717) is 12.4 Å². The van der Waals surface area contributed by atoms with Gasteiger partial charge in [0.05, 0.1) is 12.7 Å². The number of aromatic nitrogens is 2. The first-order valence-corrected chi connectivity index (χ1v) is 8.52. The van der Waals surface area contributed by atoms with Gasteiger partial charge in [0.15, 0.2) is 5.82 Å². The molecule has 3 heterocycles. The van der Waals surface area contributed by atoms with E-state index in [-0.39, 0.29) is 11.7 Å². The summed E-state index contributed by atoms with van der Waals surface area (Å²) in [6.07, 6.45) is 5.94. The molecule has 2 fully saturated rings. The van der Waals surface area contributed by atoms with Gasteiger partial charge in [0.1, 0.15) is 0 Å². The highest BCUT2D eigenvalue weighted by Crippen LogP contribution is 2.15. The third-order valence-corrected chi connectivity index (χ3v) is 4.71. The predicted octanol–water partition coefficient (Wildman–Crippen LogP) is -0.107. The van der Waals surface area contributed by atoms with Crippen molar-refractivity contribution < 1.29 is 4.74 Å². The number of piperidine rings is 1. The summed E-state index contributed by atoms with van der Waals surface area (Å²) in [4.78, 5) is 18.6. The van der Waals surface area contributed by atoms with Gasteiger partial charge in [-0.3, -0.25) is 9.69 Å². The highest BCUT2D eigenvalue weighted by Gasteiger charge is 2.24. The predicted molar refractivity (Wildman–Crippen MR) is 89.7 cm³/mol. The largest absolute Gasteiger partial charge is 0.374 e. The van der Waals surface area contributed by atoms with Crippen LogP contribution in [-0.4, -0.2) is 66.4 Å². The molecule has 0 saturated carbocycles. The summed E-state index contributed by atoms with van der Waals surface area (Å²) in [5.74, 6) is 1.19. The van der Waals surface area contributed by atoms with Crippen molar-refractivity contribution in [3.8, 4) is 0 Å². The Labute approximate surface area is 137 Å². The fraction of sp³-hybridized carbons (Fsp3) is 0.750. The maximum absolute atomic E-state index is 11.9. The third-order valence-electron chi connectivity index (χ3n) is 4.71. The van der Waals surface area contributed by atoms with Crippen LogP contribution in [0, 0.1) is 5.92 Å². The first kappa shape index (κ1) is 16.4. The van der Waals surface area contributed by atoms with E-state index in [1.807, 2.05) is 0 Å². The molecule has 1 unspecified atom stereocenters. The monoisotopic (exact) mass is 321 g/mol. The molecule has 2 aliphatic rings. The van der Waals surface area contributed by atoms with E-state index < -0.39 is 0 Å². The van der Waals surface area contributed by atoms with Crippen LogP contribution in [0.15, 0.2) is 17.2 Å². The minimum absolute atomic E-state index is 0.102. The average molecular weight is 321 g/mol. The zero-order valence-electron chi connectivity index (χ0n) is 13.8. The topological polar surface area (TPSA) is 71.4 Å². The number of nitrogens with one attached hydrogen (secondary N) is 2. The number of morpholine rings is 1. The molecule has 0 bridgehead atoms. The maximum atomic E-state index is 11.9. The molecule has 23 heavy (non-hydrogen) atoms. The molecular weight excluding hydrogens is 294 g/mol. The molecular formula is C16H27N5O2. The van der Waals surface area contributed by atoms with E-state index in [1.54, 1.807) is 19.4 Å². The Morgan fingerprint density at radius 1 is 1.43 bits per heavy atom. The lowest BCUT2D eigenvalue weighted by atomic mass is 9.97. The molecule has 2 saturated heterocycles. The number of ether oxygens (including phenoxy) is 1. The van der Waals surface area contributed by atoms with Crippen LogP contribution in [0.5, 0.6) is 0 Å². The zero-order chi connectivity index (χ0) is 16.1. The van der Waals surface area contributed by atoms with Crippen molar-refractivity contribution in [2.75, 3.05) is 51.2 Å². The molecule has 0 aliphatic carbocycles. The third kappa shape index (κ3) is 4.53. The second-order valence-corrected chi connectivity index (χ2v) is 6.52. The van der Waals surface area contributed by atoms with E-state index in [1.165, 1.54) is 17.4 Å². The number of aryl methyl sites for hydroxylation is 1. The molecule has 0 radical (unpaired) electrons. The van der Waals surface area contributed by atoms with Crippen molar-refractivity contribution in [1.82, 2.24) is 19.8 Å². The van der Waals surface area contributed by atoms with E-state index in [0.717, 1.165) is 45.2 Å². The van der Waals surface area contributed by atoms with E-state index >= 15 is 0 Å². The summed E-state index contributed by atoms with van der Waals surface area (Å²) in [5.41, 5.74) is -0.102. The van der Waals surface area contributed by atoms with Crippen molar-refractivity contribution in [3.63, 3.8) is 0 Å². The molecule has 3 rings (SSSR count). The average Bonchev–Trinajstić information content (AvgIpc) is 2.57. The molecule has 0 spiro atoms. The van der Waals surface area contributed by atoms with Gasteiger partial charge in [0.2, 0.25) is 0 Å². The molecule has 2 aliphatic heterocycles. The number of rotatable bonds is 5. The Kier molecular flexibility index (Phi) is 5.64. The van der Waals surface area contributed by atoms with Gasteiger partial charge in [0, 0.05) is 45.6 Å². The number of anilines is 1. The number of hydrogen-bond donors (Lipinski definition) is 2. The lowest BCUT2D eigenvalue weighted by Gasteiger charge is -2.36. The Balaban J connectivity index is 1.48. The van der Waals surface area contributed by atoms with Crippen molar-refractivity contribution >= 4 is 5.82 Å². The molecule has 2 N–H and O–H groups in total. The SMILES string of the molecule is Cn1ccnc(NCC2CN(CC3CCNCC3)CCO2)c1=O. The summed E-state index contributed by atoms with van der Waals surface area (Å²) >= 11 is 0. The van der Waals surface area contributed by atoms with Gasteiger partial charge >= 0.3 is 0 Å².